The molecule has 0 radical (unpaired) electrons. The van der Waals surface area contributed by atoms with Crippen LogP contribution in [0.5, 0.6) is 0 Å². The van der Waals surface area contributed by atoms with Gasteiger partial charge in [-0.3, -0.25) is 9.00 Å². The van der Waals surface area contributed by atoms with Crippen LogP contribution in [0.15, 0.2) is 35.2 Å². The van der Waals surface area contributed by atoms with Gasteiger partial charge in [0.1, 0.15) is 6.04 Å². The van der Waals surface area contributed by atoms with Gasteiger partial charge in [-0.1, -0.05) is 18.2 Å². The lowest BCUT2D eigenvalue weighted by Gasteiger charge is -2.14. The number of carboxylic acids is 1. The van der Waals surface area contributed by atoms with Crippen LogP contribution >= 0.6 is 0 Å². The Morgan fingerprint density at radius 2 is 1.95 bits per heavy atom. The fourth-order valence-electron chi connectivity index (χ4n) is 1.37. The van der Waals surface area contributed by atoms with Gasteiger partial charge in [-0.15, -0.1) is 0 Å². The molecule has 0 aliphatic rings. The Bertz CT molecular complexity index is 556. The van der Waals surface area contributed by atoms with Crippen LogP contribution < -0.4 is 4.72 Å². The number of benzene rings is 1. The van der Waals surface area contributed by atoms with Crippen molar-refractivity contribution in [2.75, 3.05) is 12.0 Å². The van der Waals surface area contributed by atoms with Gasteiger partial charge in [-0.05, 0) is 18.6 Å². The highest BCUT2D eigenvalue weighted by Gasteiger charge is 2.25. The standard InChI is InChI=1S/C11H15NO5S2/c1-18(15)8-7-10(11(13)14)12-19(16,17)9-5-3-2-4-6-9/h2-6,10,12H,7-8H2,1H3,(H,13,14)/t10-,18-/m0/s1. The summed E-state index contributed by atoms with van der Waals surface area (Å²) in [7, 11) is -5.06. The summed E-state index contributed by atoms with van der Waals surface area (Å²) >= 11 is 0. The number of nitrogens with one attached hydrogen (secondary N) is 1. The van der Waals surface area contributed by atoms with E-state index >= 15 is 0 Å². The minimum absolute atomic E-state index is 0.00105. The van der Waals surface area contributed by atoms with E-state index in [2.05, 4.69) is 4.72 Å². The molecule has 6 nitrogen and oxygen atoms in total. The summed E-state index contributed by atoms with van der Waals surface area (Å²) in [6.45, 7) is 0. The van der Waals surface area contributed by atoms with Crippen LogP contribution in [0.3, 0.4) is 0 Å². The Kier molecular flexibility index (Phi) is 5.64. The van der Waals surface area contributed by atoms with Crippen molar-refractivity contribution in [1.82, 2.24) is 4.72 Å². The average Bonchev–Trinajstić information content (AvgIpc) is 2.35. The maximum absolute atomic E-state index is 11.9. The Morgan fingerprint density at radius 3 is 2.42 bits per heavy atom. The molecule has 1 rings (SSSR count). The van der Waals surface area contributed by atoms with Crippen molar-refractivity contribution in [3.63, 3.8) is 0 Å². The lowest BCUT2D eigenvalue weighted by atomic mass is 10.2. The molecule has 0 spiro atoms. The molecule has 1 aromatic carbocycles. The van der Waals surface area contributed by atoms with Gasteiger partial charge in [0.2, 0.25) is 10.0 Å². The zero-order valence-corrected chi connectivity index (χ0v) is 11.9. The SMILES string of the molecule is C[S@](=O)CC[C@H](NS(=O)(=O)c1ccccc1)C(=O)O. The number of aliphatic carboxylic acids is 1. The molecular formula is C11H15NO5S2. The van der Waals surface area contributed by atoms with Crippen molar-refractivity contribution in [2.45, 2.75) is 17.4 Å². The van der Waals surface area contributed by atoms with Gasteiger partial charge < -0.3 is 5.11 Å². The molecule has 0 aromatic heterocycles. The zero-order valence-electron chi connectivity index (χ0n) is 10.3. The highest BCUT2D eigenvalue weighted by Crippen LogP contribution is 2.09. The predicted molar refractivity (Wildman–Crippen MR) is 71.7 cm³/mol. The number of carboxylic acid groups (broad SMARTS) is 1. The largest absolute Gasteiger partial charge is 0.480 e. The van der Waals surface area contributed by atoms with Crippen molar-refractivity contribution in [1.29, 1.82) is 0 Å². The van der Waals surface area contributed by atoms with Gasteiger partial charge in [0, 0.05) is 22.8 Å². The Morgan fingerprint density at radius 1 is 1.37 bits per heavy atom. The van der Waals surface area contributed by atoms with E-state index in [9.17, 15) is 17.4 Å². The highest BCUT2D eigenvalue weighted by molar-refractivity contribution is 7.89. The van der Waals surface area contributed by atoms with E-state index in [-0.39, 0.29) is 17.1 Å². The highest BCUT2D eigenvalue weighted by atomic mass is 32.2. The number of rotatable bonds is 7. The molecule has 2 N–H and O–H groups in total. The van der Waals surface area contributed by atoms with Crippen molar-refractivity contribution < 1.29 is 22.5 Å². The zero-order chi connectivity index (χ0) is 14.5. The molecule has 1 aromatic rings. The molecule has 19 heavy (non-hydrogen) atoms. The van der Waals surface area contributed by atoms with Gasteiger partial charge in [-0.25, -0.2) is 8.42 Å². The van der Waals surface area contributed by atoms with Gasteiger partial charge in [0.05, 0.1) is 4.90 Å². The molecule has 0 saturated carbocycles. The minimum Gasteiger partial charge on any atom is -0.480 e. The minimum atomic E-state index is -3.88. The molecule has 0 unspecified atom stereocenters. The monoisotopic (exact) mass is 305 g/mol. The van der Waals surface area contributed by atoms with Gasteiger partial charge in [-0.2, -0.15) is 4.72 Å². The maximum Gasteiger partial charge on any atom is 0.321 e. The van der Waals surface area contributed by atoms with E-state index in [4.69, 9.17) is 5.11 Å². The van der Waals surface area contributed by atoms with E-state index in [1.807, 2.05) is 0 Å². The third kappa shape index (κ3) is 5.09. The fourth-order valence-corrected chi connectivity index (χ4v) is 3.18. The van der Waals surface area contributed by atoms with Crippen molar-refractivity contribution in [3.8, 4) is 0 Å². The second kappa shape index (κ2) is 6.78. The molecule has 0 heterocycles. The molecule has 0 fully saturated rings. The Hall–Kier alpha value is -1.25. The van der Waals surface area contributed by atoms with Crippen LogP contribution in [0.25, 0.3) is 0 Å². The lowest BCUT2D eigenvalue weighted by Crippen LogP contribution is -2.41. The van der Waals surface area contributed by atoms with E-state index in [1.165, 1.54) is 18.4 Å². The Labute approximate surface area is 114 Å². The first-order valence-corrected chi connectivity index (χ1v) is 8.64. The summed E-state index contributed by atoms with van der Waals surface area (Å²) in [4.78, 5) is 11.0. The number of hydrogen-bond donors (Lipinski definition) is 2. The van der Waals surface area contributed by atoms with Crippen molar-refractivity contribution in [2.24, 2.45) is 0 Å². The summed E-state index contributed by atoms with van der Waals surface area (Å²) in [5.74, 6) is -1.17. The molecule has 0 bridgehead atoms. The van der Waals surface area contributed by atoms with Crippen LogP contribution in [0.4, 0.5) is 0 Å². The molecule has 0 aliphatic heterocycles. The average molecular weight is 305 g/mol. The second-order valence-electron chi connectivity index (χ2n) is 3.89. The molecule has 0 amide bonds. The summed E-state index contributed by atoms with van der Waals surface area (Å²) < 4.78 is 36.9. The molecule has 8 heteroatoms. The van der Waals surface area contributed by atoms with Crippen molar-refractivity contribution >= 4 is 26.8 Å². The second-order valence-corrected chi connectivity index (χ2v) is 7.16. The molecule has 0 saturated heterocycles. The number of carbonyl (C=O) groups is 1. The Balaban J connectivity index is 2.84. The first kappa shape index (κ1) is 15.8. The van der Waals surface area contributed by atoms with E-state index in [0.29, 0.717) is 0 Å². The van der Waals surface area contributed by atoms with Gasteiger partial charge >= 0.3 is 5.97 Å². The van der Waals surface area contributed by atoms with Gasteiger partial charge in [0.15, 0.2) is 0 Å². The first-order chi connectivity index (χ1) is 8.83. The number of sulfonamides is 1. The number of hydrogen-bond acceptors (Lipinski definition) is 4. The quantitative estimate of drug-likeness (QED) is 0.749. The third-order valence-corrected chi connectivity index (χ3v) is 4.64. The predicted octanol–water partition coefficient (Wildman–Crippen LogP) is 0.187. The fraction of sp³-hybridized carbons (Fsp3) is 0.364. The van der Waals surface area contributed by atoms with Crippen molar-refractivity contribution in [3.05, 3.63) is 30.3 Å². The third-order valence-electron chi connectivity index (χ3n) is 2.34. The topological polar surface area (TPSA) is 101 Å². The summed E-state index contributed by atoms with van der Waals surface area (Å²) in [5, 5.41) is 8.97. The van der Waals surface area contributed by atoms with Crippen LogP contribution in [-0.2, 0) is 25.6 Å². The molecule has 0 aliphatic carbocycles. The lowest BCUT2D eigenvalue weighted by molar-refractivity contribution is -0.139. The van der Waals surface area contributed by atoms with E-state index in [0.717, 1.165) is 0 Å². The summed E-state index contributed by atoms with van der Waals surface area (Å²) in [6.07, 6.45) is 1.41. The van der Waals surface area contributed by atoms with E-state index < -0.39 is 32.8 Å². The maximum atomic E-state index is 11.9. The first-order valence-electron chi connectivity index (χ1n) is 5.43. The summed E-state index contributed by atoms with van der Waals surface area (Å²) in [5.41, 5.74) is 0. The molecule has 2 atom stereocenters. The van der Waals surface area contributed by atoms with Crippen LogP contribution in [-0.4, -0.2) is 41.8 Å². The molecular weight excluding hydrogens is 290 g/mol. The summed E-state index contributed by atoms with van der Waals surface area (Å²) in [6, 6.07) is 6.22. The normalized spacial score (nSPS) is 14.8. The van der Waals surface area contributed by atoms with Crippen LogP contribution in [0.2, 0.25) is 0 Å². The smallest absolute Gasteiger partial charge is 0.321 e. The molecule has 106 valence electrons. The van der Waals surface area contributed by atoms with Crippen LogP contribution in [0, 0.1) is 0 Å². The van der Waals surface area contributed by atoms with E-state index in [1.54, 1.807) is 18.2 Å². The van der Waals surface area contributed by atoms with Gasteiger partial charge in [0.25, 0.3) is 0 Å². The van der Waals surface area contributed by atoms with Crippen LogP contribution in [0.1, 0.15) is 6.42 Å².